The lowest BCUT2D eigenvalue weighted by molar-refractivity contribution is -0.135. The summed E-state index contributed by atoms with van der Waals surface area (Å²) in [6.45, 7) is 2.32. The van der Waals surface area contributed by atoms with Crippen LogP contribution in [0.5, 0.6) is 0 Å². The summed E-state index contributed by atoms with van der Waals surface area (Å²) in [7, 11) is 1.77. The van der Waals surface area contributed by atoms with Crippen LogP contribution in [0.15, 0.2) is 23.0 Å². The third kappa shape index (κ3) is 4.21. The van der Waals surface area contributed by atoms with Crippen LogP contribution in [-0.4, -0.2) is 34.0 Å². The number of imide groups is 1. The minimum Gasteiger partial charge on any atom is -0.317 e. The maximum atomic E-state index is 13.0. The third-order valence-corrected chi connectivity index (χ3v) is 6.73. The molecule has 2 aliphatic rings. The van der Waals surface area contributed by atoms with Crippen LogP contribution in [0, 0.1) is 5.92 Å². The van der Waals surface area contributed by atoms with Crippen LogP contribution < -0.4 is 16.3 Å². The second-order valence-corrected chi connectivity index (χ2v) is 8.76. The minimum atomic E-state index is -0.626. The van der Waals surface area contributed by atoms with Crippen molar-refractivity contribution in [2.75, 3.05) is 13.1 Å². The van der Waals surface area contributed by atoms with Gasteiger partial charge in [-0.05, 0) is 62.7 Å². The van der Waals surface area contributed by atoms with E-state index in [-0.39, 0.29) is 23.9 Å². The van der Waals surface area contributed by atoms with E-state index >= 15 is 0 Å². The number of nitrogens with one attached hydrogen (secondary N) is 2. The molecule has 4 rings (SSSR count). The van der Waals surface area contributed by atoms with E-state index in [9.17, 15) is 14.4 Å². The summed E-state index contributed by atoms with van der Waals surface area (Å²) in [6, 6.07) is 5.33. The monoisotopic (exact) mass is 412 g/mol. The van der Waals surface area contributed by atoms with Gasteiger partial charge in [-0.1, -0.05) is 31.4 Å². The number of carbonyl (C=O) groups is 2. The molecule has 30 heavy (non-hydrogen) atoms. The first kappa shape index (κ1) is 20.8. The molecule has 3 heterocycles. The van der Waals surface area contributed by atoms with Gasteiger partial charge in [0.05, 0.1) is 11.0 Å². The van der Waals surface area contributed by atoms with E-state index in [0.717, 1.165) is 48.4 Å². The van der Waals surface area contributed by atoms with Gasteiger partial charge in [-0.2, -0.15) is 0 Å². The van der Waals surface area contributed by atoms with Gasteiger partial charge in [0.2, 0.25) is 11.8 Å². The van der Waals surface area contributed by atoms with Gasteiger partial charge in [0, 0.05) is 13.5 Å². The molecule has 2 aromatic rings. The van der Waals surface area contributed by atoms with E-state index < -0.39 is 6.04 Å². The number of rotatable bonds is 7. The highest BCUT2D eigenvalue weighted by atomic mass is 16.2. The second-order valence-electron chi connectivity index (χ2n) is 8.76. The largest absolute Gasteiger partial charge is 0.329 e. The number of hydrogen-bond acceptors (Lipinski definition) is 4. The average Bonchev–Trinajstić information content (AvgIpc) is 3.00. The predicted molar refractivity (Wildman–Crippen MR) is 116 cm³/mol. The number of nitrogens with zero attached hydrogens (tertiary/aromatic N) is 2. The standard InChI is InChI=1S/C23H32N4O3/c1-26-21-17(7-4-2-3-6-16-12-14-24-15-13-16)8-5-9-18(21)27(23(26)30)19-10-11-20(28)25-22(19)29/h5,8-9,16,19,24H,2-4,6-7,10-15H2,1H3,(H,25,28,29). The van der Waals surface area contributed by atoms with Crippen molar-refractivity contribution in [3.8, 4) is 0 Å². The summed E-state index contributed by atoms with van der Waals surface area (Å²) in [4.78, 5) is 36.8. The zero-order valence-electron chi connectivity index (χ0n) is 17.8. The maximum absolute atomic E-state index is 13.0. The average molecular weight is 413 g/mol. The molecule has 0 spiro atoms. The first-order chi connectivity index (χ1) is 14.6. The van der Waals surface area contributed by atoms with Crippen LogP contribution in [0.2, 0.25) is 0 Å². The van der Waals surface area contributed by atoms with Crippen LogP contribution in [0.3, 0.4) is 0 Å². The van der Waals surface area contributed by atoms with Gasteiger partial charge in [0.1, 0.15) is 6.04 Å². The van der Waals surface area contributed by atoms with Gasteiger partial charge in [0.25, 0.3) is 0 Å². The van der Waals surface area contributed by atoms with E-state index in [1.54, 1.807) is 16.2 Å². The number of para-hydroxylation sites is 1. The zero-order chi connectivity index (χ0) is 21.1. The summed E-state index contributed by atoms with van der Waals surface area (Å²) >= 11 is 0. The number of amides is 2. The van der Waals surface area contributed by atoms with Crippen molar-refractivity contribution >= 4 is 22.8 Å². The van der Waals surface area contributed by atoms with E-state index in [1.165, 1.54) is 32.1 Å². The predicted octanol–water partition coefficient (Wildman–Crippen LogP) is 2.42. The van der Waals surface area contributed by atoms with E-state index in [0.29, 0.717) is 6.42 Å². The summed E-state index contributed by atoms with van der Waals surface area (Å²) < 4.78 is 3.22. The van der Waals surface area contributed by atoms with Crippen molar-refractivity contribution in [1.29, 1.82) is 0 Å². The fraction of sp³-hybridized carbons (Fsp3) is 0.609. The van der Waals surface area contributed by atoms with Crippen LogP contribution in [0.25, 0.3) is 11.0 Å². The number of unbranched alkanes of at least 4 members (excludes halogenated alkanes) is 2. The van der Waals surface area contributed by atoms with Crippen molar-refractivity contribution in [2.24, 2.45) is 13.0 Å². The highest BCUT2D eigenvalue weighted by Gasteiger charge is 2.31. The Hall–Kier alpha value is -2.41. The fourth-order valence-corrected chi connectivity index (χ4v) is 5.05. The van der Waals surface area contributed by atoms with Crippen molar-refractivity contribution in [3.63, 3.8) is 0 Å². The molecule has 162 valence electrons. The Balaban J connectivity index is 1.46. The number of benzene rings is 1. The Bertz CT molecular complexity index is 984. The van der Waals surface area contributed by atoms with Gasteiger partial charge in [0.15, 0.2) is 0 Å². The number of imidazole rings is 1. The van der Waals surface area contributed by atoms with Crippen molar-refractivity contribution in [1.82, 2.24) is 19.8 Å². The Kier molecular flexibility index (Phi) is 6.37. The molecule has 0 aliphatic carbocycles. The quantitative estimate of drug-likeness (QED) is 0.540. The smallest absolute Gasteiger partial charge is 0.317 e. The minimum absolute atomic E-state index is 0.196. The third-order valence-electron chi connectivity index (χ3n) is 6.73. The molecule has 2 fully saturated rings. The summed E-state index contributed by atoms with van der Waals surface area (Å²) in [5, 5.41) is 5.79. The lowest BCUT2D eigenvalue weighted by Crippen LogP contribution is -2.44. The molecule has 0 radical (unpaired) electrons. The number of piperidine rings is 2. The Labute approximate surface area is 176 Å². The number of hydrogen-bond donors (Lipinski definition) is 2. The molecule has 0 bridgehead atoms. The highest BCUT2D eigenvalue weighted by Crippen LogP contribution is 2.26. The molecule has 1 unspecified atom stereocenters. The molecule has 1 atom stereocenters. The number of carbonyl (C=O) groups excluding carboxylic acids is 2. The number of aryl methyl sites for hydroxylation is 2. The molecule has 2 aliphatic heterocycles. The van der Waals surface area contributed by atoms with Crippen LogP contribution in [0.1, 0.15) is 63.0 Å². The van der Waals surface area contributed by atoms with Crippen molar-refractivity contribution < 1.29 is 9.59 Å². The Morgan fingerprint density at radius 2 is 1.83 bits per heavy atom. The van der Waals surface area contributed by atoms with Gasteiger partial charge in [-0.3, -0.25) is 24.0 Å². The van der Waals surface area contributed by atoms with Crippen LogP contribution >= 0.6 is 0 Å². The molecule has 0 saturated carbocycles. The van der Waals surface area contributed by atoms with Gasteiger partial charge < -0.3 is 5.32 Å². The van der Waals surface area contributed by atoms with Gasteiger partial charge in [-0.25, -0.2) is 4.79 Å². The lowest BCUT2D eigenvalue weighted by Gasteiger charge is -2.22. The van der Waals surface area contributed by atoms with Crippen LogP contribution in [-0.2, 0) is 23.1 Å². The van der Waals surface area contributed by atoms with Crippen LogP contribution in [0.4, 0.5) is 0 Å². The molecular formula is C23H32N4O3. The Morgan fingerprint density at radius 1 is 1.03 bits per heavy atom. The highest BCUT2D eigenvalue weighted by molar-refractivity contribution is 6.00. The van der Waals surface area contributed by atoms with E-state index in [2.05, 4.69) is 16.7 Å². The number of fused-ring (bicyclic) bond motifs is 1. The first-order valence-corrected chi connectivity index (χ1v) is 11.3. The van der Waals surface area contributed by atoms with Gasteiger partial charge >= 0.3 is 5.69 Å². The number of aromatic nitrogens is 2. The molecular weight excluding hydrogens is 380 g/mol. The SMILES string of the molecule is Cn1c(=O)n(C2CCC(=O)NC2=O)c2cccc(CCCCCC3CCNCC3)c21. The lowest BCUT2D eigenvalue weighted by atomic mass is 9.92. The molecule has 7 nitrogen and oxygen atoms in total. The molecule has 1 aromatic carbocycles. The van der Waals surface area contributed by atoms with E-state index in [1.807, 2.05) is 12.1 Å². The van der Waals surface area contributed by atoms with Crippen molar-refractivity contribution in [3.05, 3.63) is 34.2 Å². The first-order valence-electron chi connectivity index (χ1n) is 11.3. The molecule has 2 N–H and O–H groups in total. The van der Waals surface area contributed by atoms with Gasteiger partial charge in [-0.15, -0.1) is 0 Å². The molecule has 2 saturated heterocycles. The molecule has 1 aromatic heterocycles. The normalized spacial score (nSPS) is 20.6. The fourth-order valence-electron chi connectivity index (χ4n) is 5.05. The maximum Gasteiger partial charge on any atom is 0.329 e. The second kappa shape index (κ2) is 9.16. The van der Waals surface area contributed by atoms with E-state index in [4.69, 9.17) is 0 Å². The summed E-state index contributed by atoms with van der Waals surface area (Å²) in [6.07, 6.45) is 9.03. The molecule has 2 amide bonds. The summed E-state index contributed by atoms with van der Waals surface area (Å²) in [5.41, 5.74) is 2.65. The summed E-state index contributed by atoms with van der Waals surface area (Å²) in [5.74, 6) is 0.219. The Morgan fingerprint density at radius 3 is 2.60 bits per heavy atom. The topological polar surface area (TPSA) is 85.1 Å². The molecule has 7 heteroatoms. The van der Waals surface area contributed by atoms with Crippen molar-refractivity contribution in [2.45, 2.75) is 63.8 Å². The zero-order valence-corrected chi connectivity index (χ0v) is 17.8.